The second-order valence-electron chi connectivity index (χ2n) is 3.50. The van der Waals surface area contributed by atoms with E-state index in [4.69, 9.17) is 5.73 Å². The van der Waals surface area contributed by atoms with Gasteiger partial charge in [0.15, 0.2) is 0 Å². The fraction of sp³-hybridized carbons (Fsp3) is 0.889. The normalized spacial score (nSPS) is 31.8. The molecule has 2 atom stereocenters. The van der Waals surface area contributed by atoms with Gasteiger partial charge in [-0.1, -0.05) is 12.8 Å². The van der Waals surface area contributed by atoms with E-state index in [-0.39, 0.29) is 5.92 Å². The van der Waals surface area contributed by atoms with Gasteiger partial charge in [0.2, 0.25) is 0 Å². The molecule has 0 aromatic carbocycles. The molecule has 0 unspecified atom stereocenters. The van der Waals surface area contributed by atoms with Crippen LogP contribution < -0.4 is 5.73 Å². The van der Waals surface area contributed by atoms with Crippen molar-refractivity contribution in [3.05, 3.63) is 0 Å². The van der Waals surface area contributed by atoms with Crippen LogP contribution in [0.5, 0.6) is 0 Å². The molecule has 1 fully saturated rings. The Morgan fingerprint density at radius 2 is 2.09 bits per heavy atom. The van der Waals surface area contributed by atoms with Crippen molar-refractivity contribution < 1.29 is 4.79 Å². The van der Waals surface area contributed by atoms with Gasteiger partial charge < -0.3 is 5.73 Å². The molecule has 0 amide bonds. The molecule has 0 aliphatic heterocycles. The molecule has 0 saturated heterocycles. The molecule has 0 radical (unpaired) electrons. The quantitative estimate of drug-likeness (QED) is 0.654. The van der Waals surface area contributed by atoms with Gasteiger partial charge in [-0.25, -0.2) is 0 Å². The van der Waals surface area contributed by atoms with Gasteiger partial charge in [0, 0.05) is 5.92 Å². The fourth-order valence-electron chi connectivity index (χ4n) is 2.02. The molecule has 1 saturated carbocycles. The van der Waals surface area contributed by atoms with E-state index < -0.39 is 0 Å². The van der Waals surface area contributed by atoms with Crippen LogP contribution in [0.15, 0.2) is 0 Å². The van der Waals surface area contributed by atoms with Crippen molar-refractivity contribution >= 4 is 5.78 Å². The summed E-state index contributed by atoms with van der Waals surface area (Å²) < 4.78 is 0. The van der Waals surface area contributed by atoms with E-state index >= 15 is 0 Å². The highest BCUT2D eigenvalue weighted by molar-refractivity contribution is 5.78. The van der Waals surface area contributed by atoms with Gasteiger partial charge in [-0.15, -0.1) is 0 Å². The standard InChI is InChI=1S/C9H17NO/c1-7(11)9-5-3-2-4-8(9)6-10/h8-9H,2-6,10H2,1H3/t8-,9+/m0/s1. The van der Waals surface area contributed by atoms with Crippen LogP contribution in [0.3, 0.4) is 0 Å². The molecule has 1 rings (SSSR count). The van der Waals surface area contributed by atoms with E-state index in [0.29, 0.717) is 18.2 Å². The zero-order chi connectivity index (χ0) is 8.27. The molecule has 2 N–H and O–H groups in total. The molecule has 64 valence electrons. The van der Waals surface area contributed by atoms with E-state index in [9.17, 15) is 4.79 Å². The number of hydrogen-bond donors (Lipinski definition) is 1. The summed E-state index contributed by atoms with van der Waals surface area (Å²) in [4.78, 5) is 11.1. The van der Waals surface area contributed by atoms with Crippen LogP contribution in [0.4, 0.5) is 0 Å². The third kappa shape index (κ3) is 2.03. The first-order chi connectivity index (χ1) is 5.25. The highest BCUT2D eigenvalue weighted by Crippen LogP contribution is 2.29. The van der Waals surface area contributed by atoms with E-state index in [1.807, 2.05) is 0 Å². The minimum absolute atomic E-state index is 0.272. The minimum atomic E-state index is 0.272. The van der Waals surface area contributed by atoms with Crippen molar-refractivity contribution in [1.29, 1.82) is 0 Å². The summed E-state index contributed by atoms with van der Waals surface area (Å²) in [5.74, 6) is 1.08. The minimum Gasteiger partial charge on any atom is -0.330 e. The molecule has 0 heterocycles. The van der Waals surface area contributed by atoms with Crippen molar-refractivity contribution in [2.45, 2.75) is 32.6 Å². The molecule has 0 aromatic rings. The Labute approximate surface area is 68.2 Å². The lowest BCUT2D eigenvalue weighted by Gasteiger charge is -2.28. The Bertz CT molecular complexity index is 144. The summed E-state index contributed by atoms with van der Waals surface area (Å²) in [6.45, 7) is 2.38. The van der Waals surface area contributed by atoms with E-state index in [1.165, 1.54) is 12.8 Å². The summed E-state index contributed by atoms with van der Waals surface area (Å²) in [5, 5.41) is 0. The van der Waals surface area contributed by atoms with Gasteiger partial charge in [-0.2, -0.15) is 0 Å². The van der Waals surface area contributed by atoms with Gasteiger partial charge >= 0.3 is 0 Å². The Morgan fingerprint density at radius 3 is 2.55 bits per heavy atom. The lowest BCUT2D eigenvalue weighted by atomic mass is 9.77. The lowest BCUT2D eigenvalue weighted by Crippen LogP contribution is -2.30. The van der Waals surface area contributed by atoms with Crippen molar-refractivity contribution in [3.63, 3.8) is 0 Å². The lowest BCUT2D eigenvalue weighted by molar-refractivity contribution is -0.123. The first-order valence-electron chi connectivity index (χ1n) is 4.46. The van der Waals surface area contributed by atoms with Gasteiger partial charge in [0.1, 0.15) is 5.78 Å². The third-order valence-corrected chi connectivity index (χ3v) is 2.73. The van der Waals surface area contributed by atoms with Crippen LogP contribution in [-0.2, 0) is 4.79 Å². The monoisotopic (exact) mass is 155 g/mol. The second kappa shape index (κ2) is 3.86. The van der Waals surface area contributed by atoms with Crippen molar-refractivity contribution in [1.82, 2.24) is 0 Å². The van der Waals surface area contributed by atoms with Crippen molar-refractivity contribution in [2.24, 2.45) is 17.6 Å². The van der Waals surface area contributed by atoms with Crippen LogP contribution in [0.2, 0.25) is 0 Å². The van der Waals surface area contributed by atoms with Gasteiger partial charge in [0.05, 0.1) is 0 Å². The molecule has 0 bridgehead atoms. The SMILES string of the molecule is CC(=O)[C@H]1CCCC[C@H]1CN. The second-order valence-corrected chi connectivity index (χ2v) is 3.50. The van der Waals surface area contributed by atoms with Crippen molar-refractivity contribution in [2.75, 3.05) is 6.54 Å². The molecular weight excluding hydrogens is 138 g/mol. The number of carbonyl (C=O) groups excluding carboxylic acids is 1. The van der Waals surface area contributed by atoms with Crippen LogP contribution in [0.1, 0.15) is 32.6 Å². The van der Waals surface area contributed by atoms with Crippen LogP contribution >= 0.6 is 0 Å². The highest BCUT2D eigenvalue weighted by Gasteiger charge is 2.26. The third-order valence-electron chi connectivity index (χ3n) is 2.73. The first kappa shape index (κ1) is 8.72. The maximum Gasteiger partial charge on any atom is 0.133 e. The van der Waals surface area contributed by atoms with E-state index in [0.717, 1.165) is 12.8 Å². The number of carbonyl (C=O) groups is 1. The number of nitrogens with two attached hydrogens (primary N) is 1. The molecular formula is C9H17NO. The molecule has 0 spiro atoms. The molecule has 1 aliphatic carbocycles. The Morgan fingerprint density at radius 1 is 1.45 bits per heavy atom. The first-order valence-corrected chi connectivity index (χ1v) is 4.46. The van der Waals surface area contributed by atoms with Crippen molar-refractivity contribution in [3.8, 4) is 0 Å². The summed E-state index contributed by atoms with van der Waals surface area (Å²) in [5.41, 5.74) is 5.58. The summed E-state index contributed by atoms with van der Waals surface area (Å²) >= 11 is 0. The number of hydrogen-bond acceptors (Lipinski definition) is 2. The van der Waals surface area contributed by atoms with Gasteiger partial charge in [0.25, 0.3) is 0 Å². The molecule has 11 heavy (non-hydrogen) atoms. The van der Waals surface area contributed by atoms with E-state index in [1.54, 1.807) is 6.92 Å². The topological polar surface area (TPSA) is 43.1 Å². The average molecular weight is 155 g/mol. The van der Waals surface area contributed by atoms with Gasteiger partial charge in [-0.05, 0) is 32.2 Å². The fourth-order valence-corrected chi connectivity index (χ4v) is 2.02. The zero-order valence-electron chi connectivity index (χ0n) is 7.18. The average Bonchev–Trinajstić information content (AvgIpc) is 2.04. The zero-order valence-corrected chi connectivity index (χ0v) is 7.18. The largest absolute Gasteiger partial charge is 0.330 e. The van der Waals surface area contributed by atoms with Crippen LogP contribution in [0, 0.1) is 11.8 Å². The Balaban J connectivity index is 2.51. The Hall–Kier alpha value is -0.370. The number of rotatable bonds is 2. The van der Waals surface area contributed by atoms with Crippen LogP contribution in [0.25, 0.3) is 0 Å². The number of ketones is 1. The predicted molar refractivity (Wildman–Crippen MR) is 45.2 cm³/mol. The molecule has 2 heteroatoms. The summed E-state index contributed by atoms with van der Waals surface area (Å²) in [6, 6.07) is 0. The molecule has 1 aliphatic rings. The maximum atomic E-state index is 11.1. The van der Waals surface area contributed by atoms with E-state index in [2.05, 4.69) is 0 Å². The molecule has 0 aromatic heterocycles. The smallest absolute Gasteiger partial charge is 0.133 e. The summed E-state index contributed by atoms with van der Waals surface area (Å²) in [7, 11) is 0. The Kier molecular flexibility index (Phi) is 3.06. The predicted octanol–water partition coefficient (Wildman–Crippen LogP) is 1.34. The maximum absolute atomic E-state index is 11.1. The van der Waals surface area contributed by atoms with Gasteiger partial charge in [-0.3, -0.25) is 4.79 Å². The summed E-state index contributed by atoms with van der Waals surface area (Å²) in [6.07, 6.45) is 4.68. The highest BCUT2D eigenvalue weighted by atomic mass is 16.1. The molecule has 2 nitrogen and oxygen atoms in total. The number of Topliss-reactive ketones (excluding diaryl/α,β-unsaturated/α-hetero) is 1. The van der Waals surface area contributed by atoms with Crippen LogP contribution in [-0.4, -0.2) is 12.3 Å².